The Balaban J connectivity index is 1.26. The molecule has 5 heteroatoms. The molecular weight excluding hydrogens is 560 g/mol. The number of benzene rings is 2. The van der Waals surface area contributed by atoms with Crippen LogP contribution in [0.5, 0.6) is 5.75 Å². The third-order valence-electron chi connectivity index (χ3n) is 10.4. The van der Waals surface area contributed by atoms with Gasteiger partial charge in [0.05, 0.1) is 12.7 Å². The smallest absolute Gasteiger partial charge is 0.229 e. The number of hydrogen-bond donors (Lipinski definition) is 0. The van der Waals surface area contributed by atoms with Gasteiger partial charge in [-0.15, -0.1) is 0 Å². The minimum atomic E-state index is -0.467. The second-order valence-corrected chi connectivity index (χ2v) is 15.2. The van der Waals surface area contributed by atoms with E-state index in [1.165, 1.54) is 11.1 Å². The van der Waals surface area contributed by atoms with Crippen LogP contribution >= 0.6 is 0 Å². The average molecular weight is 611 g/mol. The first-order valence-electron chi connectivity index (χ1n) is 17.0. The number of carbonyl (C=O) groups excluding carboxylic acids is 4. The highest BCUT2D eigenvalue weighted by Gasteiger charge is 2.38. The summed E-state index contributed by atoms with van der Waals surface area (Å²) in [6.07, 6.45) is 9.61. The Morgan fingerprint density at radius 2 is 1.42 bits per heavy atom. The van der Waals surface area contributed by atoms with Crippen molar-refractivity contribution < 1.29 is 23.9 Å². The number of Topliss-reactive ketones (excluding diaryl/α,β-unsaturated/α-hetero) is 4. The van der Waals surface area contributed by atoms with Crippen LogP contribution in [-0.4, -0.2) is 30.2 Å². The molecule has 2 saturated carbocycles. The molecule has 240 valence electrons. The number of aryl methyl sites for hydroxylation is 1. The Morgan fingerprint density at radius 3 is 2.02 bits per heavy atom. The minimum Gasteiger partial charge on any atom is -0.496 e. The maximum atomic E-state index is 13.9. The van der Waals surface area contributed by atoms with Gasteiger partial charge in [0.1, 0.15) is 11.5 Å². The number of allylic oxidation sites excluding steroid dienone is 2. The second kappa shape index (κ2) is 13.6. The van der Waals surface area contributed by atoms with Crippen LogP contribution in [-0.2, 0) is 20.8 Å². The number of fused-ring (bicyclic) bond motifs is 1. The molecule has 0 heterocycles. The molecule has 0 aliphatic heterocycles. The zero-order valence-corrected chi connectivity index (χ0v) is 28.0. The van der Waals surface area contributed by atoms with Crippen LogP contribution in [0, 0.1) is 36.0 Å². The van der Waals surface area contributed by atoms with E-state index < -0.39 is 5.78 Å². The molecule has 5 rings (SSSR count). The molecule has 1 atom stereocenters. The van der Waals surface area contributed by atoms with Gasteiger partial charge in [-0.2, -0.15) is 0 Å². The highest BCUT2D eigenvalue weighted by molar-refractivity contribution is 6.55. The lowest BCUT2D eigenvalue weighted by atomic mass is 9.74. The molecule has 5 nitrogen and oxygen atoms in total. The fraction of sp³-hybridized carbons (Fsp3) is 0.550. The fourth-order valence-electron chi connectivity index (χ4n) is 7.76. The first-order valence-corrected chi connectivity index (χ1v) is 17.0. The number of ketones is 4. The highest BCUT2D eigenvalue weighted by Crippen LogP contribution is 2.43. The summed E-state index contributed by atoms with van der Waals surface area (Å²) in [6.45, 7) is 10.3. The monoisotopic (exact) mass is 610 g/mol. The average Bonchev–Trinajstić information content (AvgIpc) is 3.35. The van der Waals surface area contributed by atoms with Crippen molar-refractivity contribution in [2.45, 2.75) is 105 Å². The third-order valence-corrected chi connectivity index (χ3v) is 10.4. The van der Waals surface area contributed by atoms with Crippen molar-refractivity contribution in [1.82, 2.24) is 0 Å². The van der Waals surface area contributed by atoms with Crippen LogP contribution in [0.25, 0.3) is 5.57 Å². The summed E-state index contributed by atoms with van der Waals surface area (Å²) in [7, 11) is 1.59. The van der Waals surface area contributed by atoms with Crippen LogP contribution in [0.4, 0.5) is 0 Å². The van der Waals surface area contributed by atoms with E-state index in [-0.39, 0.29) is 46.4 Å². The molecule has 3 aliphatic carbocycles. The molecule has 1 unspecified atom stereocenters. The molecule has 2 fully saturated rings. The zero-order valence-electron chi connectivity index (χ0n) is 28.0. The normalized spacial score (nSPS) is 24.8. The summed E-state index contributed by atoms with van der Waals surface area (Å²) in [4.78, 5) is 53.9. The largest absolute Gasteiger partial charge is 0.496 e. The first kappa shape index (κ1) is 33.0. The van der Waals surface area contributed by atoms with E-state index in [0.29, 0.717) is 60.5 Å². The van der Waals surface area contributed by atoms with Crippen LogP contribution in [0.2, 0.25) is 0 Å². The minimum absolute atomic E-state index is 0.0199. The number of hydrogen-bond acceptors (Lipinski definition) is 5. The van der Waals surface area contributed by atoms with Gasteiger partial charge >= 0.3 is 0 Å². The Kier molecular flexibility index (Phi) is 9.96. The van der Waals surface area contributed by atoms with Gasteiger partial charge in [-0.25, -0.2) is 0 Å². The molecule has 0 N–H and O–H groups in total. The Hall–Kier alpha value is -3.34. The lowest BCUT2D eigenvalue weighted by molar-refractivity contribution is -0.137. The van der Waals surface area contributed by atoms with E-state index in [4.69, 9.17) is 4.74 Å². The van der Waals surface area contributed by atoms with Gasteiger partial charge in [0.15, 0.2) is 5.78 Å². The van der Waals surface area contributed by atoms with Crippen molar-refractivity contribution in [3.63, 3.8) is 0 Å². The summed E-state index contributed by atoms with van der Waals surface area (Å²) in [5, 5.41) is 0. The first-order chi connectivity index (χ1) is 21.3. The maximum Gasteiger partial charge on any atom is 0.229 e. The summed E-state index contributed by atoms with van der Waals surface area (Å²) in [6, 6.07) is 12.4. The van der Waals surface area contributed by atoms with Gasteiger partial charge in [-0.3, -0.25) is 19.2 Å². The van der Waals surface area contributed by atoms with Gasteiger partial charge in [0, 0.05) is 35.7 Å². The molecule has 3 aliphatic rings. The topological polar surface area (TPSA) is 77.5 Å². The summed E-state index contributed by atoms with van der Waals surface area (Å²) in [5.41, 5.74) is 5.09. The summed E-state index contributed by atoms with van der Waals surface area (Å²) >= 11 is 0. The van der Waals surface area contributed by atoms with E-state index in [9.17, 15) is 19.2 Å². The predicted molar refractivity (Wildman–Crippen MR) is 179 cm³/mol. The lowest BCUT2D eigenvalue weighted by Crippen LogP contribution is -2.31. The summed E-state index contributed by atoms with van der Waals surface area (Å²) < 4.78 is 5.72. The molecule has 45 heavy (non-hydrogen) atoms. The molecule has 0 bridgehead atoms. The van der Waals surface area contributed by atoms with Crippen LogP contribution in [0.1, 0.15) is 124 Å². The van der Waals surface area contributed by atoms with Crippen molar-refractivity contribution in [3.05, 3.63) is 70.3 Å². The van der Waals surface area contributed by atoms with Crippen molar-refractivity contribution in [3.8, 4) is 5.75 Å². The molecule has 0 amide bonds. The van der Waals surface area contributed by atoms with E-state index in [1.807, 2.05) is 25.1 Å². The SMILES string of the molecule is COc1cc2c(cc1C(=O)C1CCC(Cc3ccc(C)cc3)CC1)C(C(=O)C(=O)C1CCC(C(=O)CC(C)(C)C)CC1)=CC2C. The number of ether oxygens (including phenoxy) is 1. The van der Waals surface area contributed by atoms with Crippen molar-refractivity contribution in [2.24, 2.45) is 29.1 Å². The maximum absolute atomic E-state index is 13.9. The quantitative estimate of drug-likeness (QED) is 0.199. The van der Waals surface area contributed by atoms with Crippen LogP contribution < -0.4 is 4.74 Å². The van der Waals surface area contributed by atoms with E-state index in [2.05, 4.69) is 52.0 Å². The van der Waals surface area contributed by atoms with Crippen molar-refractivity contribution in [2.75, 3.05) is 7.11 Å². The number of methoxy groups -OCH3 is 1. The summed E-state index contributed by atoms with van der Waals surface area (Å²) in [5.74, 6) is 0.108. The number of carbonyl (C=O) groups is 4. The van der Waals surface area contributed by atoms with E-state index >= 15 is 0 Å². The van der Waals surface area contributed by atoms with Gasteiger partial charge in [-0.05, 0) is 105 Å². The van der Waals surface area contributed by atoms with Gasteiger partial charge in [0.2, 0.25) is 11.6 Å². The standard InChI is InChI=1S/C40H50O5/c1-24-7-9-26(10-8-24)20-27-11-13-29(14-12-27)37(42)34-21-32-31(22-36(34)45-6)25(2)19-33(32)39(44)38(43)30-17-15-28(16-18-30)35(41)23-40(3,4)5/h7-10,19,21-22,25,27-30H,11-18,20,23H2,1-6H3. The molecule has 0 aromatic heterocycles. The Bertz CT molecular complexity index is 1470. The molecule has 0 spiro atoms. The van der Waals surface area contributed by atoms with Gasteiger partial charge in [-0.1, -0.05) is 63.6 Å². The zero-order chi connectivity index (χ0) is 32.5. The van der Waals surface area contributed by atoms with Gasteiger partial charge in [0.25, 0.3) is 0 Å². The molecule has 2 aromatic rings. The Morgan fingerprint density at radius 1 is 0.822 bits per heavy atom. The lowest BCUT2D eigenvalue weighted by Gasteiger charge is -2.29. The highest BCUT2D eigenvalue weighted by atomic mass is 16.5. The third kappa shape index (κ3) is 7.56. The predicted octanol–water partition coefficient (Wildman–Crippen LogP) is 8.69. The van der Waals surface area contributed by atoms with E-state index in [0.717, 1.165) is 37.7 Å². The second-order valence-electron chi connectivity index (χ2n) is 15.2. The van der Waals surface area contributed by atoms with Crippen LogP contribution in [0.15, 0.2) is 42.5 Å². The van der Waals surface area contributed by atoms with Gasteiger partial charge < -0.3 is 4.74 Å². The Labute approximate surface area is 269 Å². The molecular formula is C40H50O5. The molecule has 0 saturated heterocycles. The fourth-order valence-corrected chi connectivity index (χ4v) is 7.76. The van der Waals surface area contributed by atoms with Crippen molar-refractivity contribution >= 4 is 28.7 Å². The van der Waals surface area contributed by atoms with Crippen molar-refractivity contribution in [1.29, 1.82) is 0 Å². The molecule has 2 aromatic carbocycles. The molecule has 0 radical (unpaired) electrons. The van der Waals surface area contributed by atoms with E-state index in [1.54, 1.807) is 7.11 Å². The number of rotatable bonds is 10. The van der Waals surface area contributed by atoms with Crippen LogP contribution in [0.3, 0.4) is 0 Å².